The molecule has 1 atom stereocenters. The molecule has 6 nitrogen and oxygen atoms in total. The van der Waals surface area contributed by atoms with Gasteiger partial charge in [-0.05, 0) is 0 Å². The Labute approximate surface area is 93.0 Å². The van der Waals surface area contributed by atoms with E-state index in [4.69, 9.17) is 9.47 Å². The number of H-pyrrole nitrogens is 1. The number of hydrogen-bond acceptors (Lipinski definition) is 5. The summed E-state index contributed by atoms with van der Waals surface area (Å²) in [5.41, 5.74) is -0.572. The van der Waals surface area contributed by atoms with Crippen molar-refractivity contribution in [3.63, 3.8) is 0 Å². The van der Waals surface area contributed by atoms with Gasteiger partial charge in [-0.1, -0.05) is 0 Å². The van der Waals surface area contributed by atoms with Crippen LogP contribution in [0.25, 0.3) is 0 Å². The first-order valence-corrected chi connectivity index (χ1v) is 5.16. The van der Waals surface area contributed by atoms with Gasteiger partial charge in [-0.25, -0.2) is 4.98 Å². The average molecular weight is 225 g/mol. The standard InChI is InChI=1S/C10H15N3O3/c1-15-10(2-5-16-7-10)6-13-8-9(14)12-4-3-11-8/h3-4H,2,5-7H2,1H3,(H,11,13)(H,12,14). The molecule has 1 aliphatic heterocycles. The summed E-state index contributed by atoms with van der Waals surface area (Å²) in [4.78, 5) is 17.9. The molecule has 0 aromatic carbocycles. The lowest BCUT2D eigenvalue weighted by Crippen LogP contribution is -2.40. The van der Waals surface area contributed by atoms with Gasteiger partial charge in [0.1, 0.15) is 5.60 Å². The Morgan fingerprint density at radius 1 is 1.75 bits per heavy atom. The number of ether oxygens (including phenoxy) is 2. The number of aromatic amines is 1. The lowest BCUT2D eigenvalue weighted by atomic mass is 10.0. The molecular formula is C10H15N3O3. The second-order valence-corrected chi connectivity index (χ2v) is 3.81. The molecule has 0 saturated carbocycles. The van der Waals surface area contributed by atoms with Gasteiger partial charge in [0.2, 0.25) is 0 Å². The zero-order valence-electron chi connectivity index (χ0n) is 9.16. The van der Waals surface area contributed by atoms with Crippen LogP contribution in [-0.2, 0) is 9.47 Å². The van der Waals surface area contributed by atoms with Gasteiger partial charge in [0.15, 0.2) is 5.82 Å². The number of aromatic nitrogens is 2. The van der Waals surface area contributed by atoms with Crippen molar-refractivity contribution in [3.05, 3.63) is 22.7 Å². The van der Waals surface area contributed by atoms with Crippen LogP contribution >= 0.6 is 0 Å². The smallest absolute Gasteiger partial charge is 0.290 e. The summed E-state index contributed by atoms with van der Waals surface area (Å²) in [7, 11) is 1.65. The molecule has 0 bridgehead atoms. The van der Waals surface area contributed by atoms with Gasteiger partial charge in [0.25, 0.3) is 5.56 Å². The number of hydrogen-bond donors (Lipinski definition) is 2. The van der Waals surface area contributed by atoms with Crippen LogP contribution in [0.15, 0.2) is 17.2 Å². The van der Waals surface area contributed by atoms with E-state index in [0.717, 1.165) is 6.42 Å². The van der Waals surface area contributed by atoms with Crippen LogP contribution in [0.4, 0.5) is 5.82 Å². The van der Waals surface area contributed by atoms with Crippen molar-refractivity contribution in [2.75, 3.05) is 32.2 Å². The third-order valence-electron chi connectivity index (χ3n) is 2.79. The molecule has 1 aromatic rings. The number of anilines is 1. The molecule has 2 rings (SSSR count). The van der Waals surface area contributed by atoms with Crippen molar-refractivity contribution in [1.29, 1.82) is 0 Å². The summed E-state index contributed by atoms with van der Waals surface area (Å²) < 4.78 is 10.7. The maximum absolute atomic E-state index is 11.4. The summed E-state index contributed by atoms with van der Waals surface area (Å²) in [5.74, 6) is 0.311. The SMILES string of the molecule is COC1(CNc2ncc[nH]c2=O)CCOC1. The van der Waals surface area contributed by atoms with Crippen molar-refractivity contribution < 1.29 is 9.47 Å². The largest absolute Gasteiger partial charge is 0.378 e. The van der Waals surface area contributed by atoms with E-state index in [2.05, 4.69) is 15.3 Å². The van der Waals surface area contributed by atoms with E-state index in [9.17, 15) is 4.79 Å². The normalized spacial score (nSPS) is 24.6. The van der Waals surface area contributed by atoms with E-state index in [1.165, 1.54) is 12.4 Å². The molecule has 1 aromatic heterocycles. The fourth-order valence-electron chi connectivity index (χ4n) is 1.68. The van der Waals surface area contributed by atoms with Crippen LogP contribution in [0, 0.1) is 0 Å². The van der Waals surface area contributed by atoms with Crippen LogP contribution in [-0.4, -0.2) is 42.4 Å². The van der Waals surface area contributed by atoms with Gasteiger partial charge in [0, 0.05) is 39.1 Å². The quantitative estimate of drug-likeness (QED) is 0.753. The van der Waals surface area contributed by atoms with Crippen LogP contribution in [0.1, 0.15) is 6.42 Å². The molecule has 1 aliphatic rings. The Morgan fingerprint density at radius 2 is 2.62 bits per heavy atom. The summed E-state index contributed by atoms with van der Waals surface area (Å²) in [6.45, 7) is 1.75. The Morgan fingerprint density at radius 3 is 3.25 bits per heavy atom. The highest BCUT2D eigenvalue weighted by atomic mass is 16.5. The molecule has 6 heteroatoms. The summed E-state index contributed by atoms with van der Waals surface area (Å²) in [5, 5.41) is 2.99. The topological polar surface area (TPSA) is 76.2 Å². The van der Waals surface area contributed by atoms with Crippen molar-refractivity contribution in [3.8, 4) is 0 Å². The van der Waals surface area contributed by atoms with Crippen LogP contribution in [0.2, 0.25) is 0 Å². The zero-order chi connectivity index (χ0) is 11.4. The molecule has 0 spiro atoms. The Kier molecular flexibility index (Phi) is 3.21. The van der Waals surface area contributed by atoms with E-state index >= 15 is 0 Å². The summed E-state index contributed by atoms with van der Waals surface area (Å²) >= 11 is 0. The Hall–Kier alpha value is -1.40. The lowest BCUT2D eigenvalue weighted by molar-refractivity contribution is -0.00627. The van der Waals surface area contributed by atoms with Crippen LogP contribution in [0.5, 0.6) is 0 Å². The fourth-order valence-corrected chi connectivity index (χ4v) is 1.68. The molecule has 2 N–H and O–H groups in total. The van der Waals surface area contributed by atoms with E-state index in [1.807, 2.05) is 0 Å². The predicted molar refractivity (Wildman–Crippen MR) is 58.5 cm³/mol. The van der Waals surface area contributed by atoms with Gasteiger partial charge >= 0.3 is 0 Å². The molecule has 88 valence electrons. The second kappa shape index (κ2) is 4.63. The minimum atomic E-state index is -0.343. The number of methoxy groups -OCH3 is 1. The molecule has 1 unspecified atom stereocenters. The van der Waals surface area contributed by atoms with Gasteiger partial charge in [-0.3, -0.25) is 4.79 Å². The molecule has 0 radical (unpaired) electrons. The number of rotatable bonds is 4. The minimum Gasteiger partial charge on any atom is -0.378 e. The average Bonchev–Trinajstić information content (AvgIpc) is 2.78. The molecule has 0 amide bonds. The maximum atomic E-state index is 11.4. The van der Waals surface area contributed by atoms with Crippen LogP contribution < -0.4 is 10.9 Å². The molecule has 16 heavy (non-hydrogen) atoms. The monoisotopic (exact) mass is 225 g/mol. The van der Waals surface area contributed by atoms with E-state index in [0.29, 0.717) is 25.6 Å². The summed E-state index contributed by atoms with van der Waals surface area (Å²) in [6, 6.07) is 0. The first kappa shape index (κ1) is 11.1. The zero-order valence-corrected chi connectivity index (χ0v) is 9.16. The molecule has 2 heterocycles. The first-order chi connectivity index (χ1) is 7.76. The van der Waals surface area contributed by atoms with E-state index < -0.39 is 0 Å². The van der Waals surface area contributed by atoms with Crippen molar-refractivity contribution in [2.45, 2.75) is 12.0 Å². The molecular weight excluding hydrogens is 210 g/mol. The number of nitrogens with one attached hydrogen (secondary N) is 2. The molecule has 1 fully saturated rings. The maximum Gasteiger partial charge on any atom is 0.290 e. The lowest BCUT2D eigenvalue weighted by Gasteiger charge is -2.25. The summed E-state index contributed by atoms with van der Waals surface area (Å²) in [6.07, 6.45) is 3.86. The van der Waals surface area contributed by atoms with Crippen molar-refractivity contribution in [1.82, 2.24) is 9.97 Å². The molecule has 0 aliphatic carbocycles. The second-order valence-electron chi connectivity index (χ2n) is 3.81. The van der Waals surface area contributed by atoms with E-state index in [1.54, 1.807) is 7.11 Å². The van der Waals surface area contributed by atoms with Gasteiger partial charge in [-0.15, -0.1) is 0 Å². The minimum absolute atomic E-state index is 0.229. The van der Waals surface area contributed by atoms with Crippen molar-refractivity contribution in [2.24, 2.45) is 0 Å². The fraction of sp³-hybridized carbons (Fsp3) is 0.600. The highest BCUT2D eigenvalue weighted by Gasteiger charge is 2.34. The number of nitrogens with zero attached hydrogens (tertiary/aromatic N) is 1. The Balaban J connectivity index is 2.01. The molecule has 1 saturated heterocycles. The van der Waals surface area contributed by atoms with Gasteiger partial charge in [0.05, 0.1) is 6.61 Å². The van der Waals surface area contributed by atoms with Gasteiger partial charge < -0.3 is 19.8 Å². The van der Waals surface area contributed by atoms with Crippen molar-refractivity contribution >= 4 is 5.82 Å². The van der Waals surface area contributed by atoms with Gasteiger partial charge in [-0.2, -0.15) is 0 Å². The Bertz CT molecular complexity index is 398. The highest BCUT2D eigenvalue weighted by molar-refractivity contribution is 5.30. The third kappa shape index (κ3) is 2.23. The van der Waals surface area contributed by atoms with Crippen LogP contribution in [0.3, 0.4) is 0 Å². The highest BCUT2D eigenvalue weighted by Crippen LogP contribution is 2.22. The first-order valence-electron chi connectivity index (χ1n) is 5.16. The predicted octanol–water partition coefficient (Wildman–Crippen LogP) is -0.0127. The van der Waals surface area contributed by atoms with E-state index in [-0.39, 0.29) is 11.2 Å². The third-order valence-corrected chi connectivity index (χ3v) is 2.79.